The predicted octanol–water partition coefficient (Wildman–Crippen LogP) is 3.24. The molecule has 2 rings (SSSR count). The number of aromatic nitrogens is 1. The van der Waals surface area contributed by atoms with E-state index in [0.717, 1.165) is 43.7 Å². The number of thiazole rings is 1. The molecule has 2 atom stereocenters. The fourth-order valence-corrected chi connectivity index (χ4v) is 3.92. The number of hydrogen-bond donors (Lipinski definition) is 2. The molecule has 0 aromatic carbocycles. The van der Waals surface area contributed by atoms with Gasteiger partial charge in [0.2, 0.25) is 0 Å². The molecule has 0 amide bonds. The monoisotopic (exact) mass is 322 g/mol. The lowest BCUT2D eigenvalue weighted by Gasteiger charge is -2.29. The Labute approximate surface area is 138 Å². The third-order valence-electron chi connectivity index (χ3n) is 4.63. The third kappa shape index (κ3) is 5.27. The van der Waals surface area contributed by atoms with Gasteiger partial charge in [0.15, 0.2) is 5.96 Å². The number of guanidine groups is 1. The largest absolute Gasteiger partial charge is 0.356 e. The maximum absolute atomic E-state index is 4.46. The van der Waals surface area contributed by atoms with Gasteiger partial charge in [-0.2, -0.15) is 0 Å². The van der Waals surface area contributed by atoms with Crippen molar-refractivity contribution in [2.24, 2.45) is 16.8 Å². The van der Waals surface area contributed by atoms with Crippen molar-refractivity contribution in [2.75, 3.05) is 20.1 Å². The molecular formula is C17H30N4S. The van der Waals surface area contributed by atoms with Crippen LogP contribution in [-0.4, -0.2) is 31.1 Å². The topological polar surface area (TPSA) is 49.3 Å². The molecular weight excluding hydrogens is 292 g/mol. The van der Waals surface area contributed by atoms with E-state index in [2.05, 4.69) is 34.5 Å². The number of hydrogen-bond acceptors (Lipinski definition) is 3. The lowest BCUT2D eigenvalue weighted by molar-refractivity contribution is 0.256. The molecule has 0 radical (unpaired) electrons. The molecule has 0 bridgehead atoms. The molecule has 1 aliphatic carbocycles. The zero-order chi connectivity index (χ0) is 15.8. The minimum Gasteiger partial charge on any atom is -0.356 e. The van der Waals surface area contributed by atoms with E-state index in [1.165, 1.54) is 35.6 Å². The summed E-state index contributed by atoms with van der Waals surface area (Å²) in [6.45, 7) is 6.48. The zero-order valence-corrected chi connectivity index (χ0v) is 15.0. The predicted molar refractivity (Wildman–Crippen MR) is 95.7 cm³/mol. The molecule has 4 nitrogen and oxygen atoms in total. The van der Waals surface area contributed by atoms with Gasteiger partial charge in [-0.15, -0.1) is 11.3 Å². The molecule has 0 saturated heterocycles. The summed E-state index contributed by atoms with van der Waals surface area (Å²) in [5, 5.41) is 8.11. The van der Waals surface area contributed by atoms with Crippen LogP contribution < -0.4 is 10.6 Å². The second kappa shape index (κ2) is 9.13. The van der Waals surface area contributed by atoms with Crippen molar-refractivity contribution in [3.05, 3.63) is 16.1 Å². The van der Waals surface area contributed by atoms with Crippen molar-refractivity contribution in [3.8, 4) is 0 Å². The number of aryl methyl sites for hydroxylation is 1. The van der Waals surface area contributed by atoms with Crippen LogP contribution in [0.2, 0.25) is 0 Å². The van der Waals surface area contributed by atoms with Crippen molar-refractivity contribution in [1.82, 2.24) is 15.6 Å². The van der Waals surface area contributed by atoms with E-state index in [4.69, 9.17) is 0 Å². The number of nitrogens with one attached hydrogen (secondary N) is 2. The minimum absolute atomic E-state index is 0.790. The quantitative estimate of drug-likeness (QED) is 0.624. The van der Waals surface area contributed by atoms with E-state index in [9.17, 15) is 0 Å². The summed E-state index contributed by atoms with van der Waals surface area (Å²) in [4.78, 5) is 10.1. The van der Waals surface area contributed by atoms with Gasteiger partial charge in [-0.1, -0.05) is 33.1 Å². The van der Waals surface area contributed by atoms with Gasteiger partial charge in [0.25, 0.3) is 0 Å². The van der Waals surface area contributed by atoms with Crippen molar-refractivity contribution >= 4 is 17.3 Å². The normalized spacial score (nSPS) is 22.6. The van der Waals surface area contributed by atoms with Crippen LogP contribution in [-0.2, 0) is 12.8 Å². The van der Waals surface area contributed by atoms with Crippen LogP contribution in [0.4, 0.5) is 0 Å². The maximum Gasteiger partial charge on any atom is 0.190 e. The Morgan fingerprint density at radius 1 is 1.36 bits per heavy atom. The van der Waals surface area contributed by atoms with Crippen molar-refractivity contribution in [3.63, 3.8) is 0 Å². The van der Waals surface area contributed by atoms with Crippen molar-refractivity contribution < 1.29 is 0 Å². The summed E-state index contributed by atoms with van der Waals surface area (Å²) in [6.07, 6.45) is 9.55. The molecule has 2 unspecified atom stereocenters. The summed E-state index contributed by atoms with van der Waals surface area (Å²) in [5.41, 5.74) is 0. The highest BCUT2D eigenvalue weighted by molar-refractivity contribution is 7.11. The summed E-state index contributed by atoms with van der Waals surface area (Å²) in [5.74, 6) is 2.55. The summed E-state index contributed by atoms with van der Waals surface area (Å²) in [7, 11) is 1.85. The van der Waals surface area contributed by atoms with Crippen LogP contribution in [0, 0.1) is 11.8 Å². The average molecular weight is 323 g/mol. The van der Waals surface area contributed by atoms with E-state index in [1.54, 1.807) is 0 Å². The van der Waals surface area contributed by atoms with Crippen LogP contribution in [0.1, 0.15) is 49.4 Å². The molecule has 1 fully saturated rings. The molecule has 0 aliphatic heterocycles. The first-order valence-corrected chi connectivity index (χ1v) is 9.42. The van der Waals surface area contributed by atoms with E-state index in [0.29, 0.717) is 0 Å². The highest BCUT2D eigenvalue weighted by Gasteiger charge is 2.21. The molecule has 5 heteroatoms. The van der Waals surface area contributed by atoms with Gasteiger partial charge in [-0.05, 0) is 24.7 Å². The lowest BCUT2D eigenvalue weighted by atomic mass is 9.80. The Morgan fingerprint density at radius 3 is 2.86 bits per heavy atom. The minimum atomic E-state index is 0.790. The Bertz CT molecular complexity index is 469. The molecule has 2 N–H and O–H groups in total. The Balaban J connectivity index is 1.68. The van der Waals surface area contributed by atoms with Crippen LogP contribution in [0.3, 0.4) is 0 Å². The number of rotatable bonds is 6. The highest BCUT2D eigenvalue weighted by Crippen LogP contribution is 2.28. The Hall–Kier alpha value is -1.10. The molecule has 1 aromatic heterocycles. The Kier molecular flexibility index (Phi) is 7.16. The second-order valence-corrected chi connectivity index (χ2v) is 7.43. The van der Waals surface area contributed by atoms with Gasteiger partial charge >= 0.3 is 0 Å². The SMILES string of the molecule is CCc1cnc(CCNC(=NC)NCC2CCCCC2C)s1. The van der Waals surface area contributed by atoms with Crippen molar-refractivity contribution in [1.29, 1.82) is 0 Å². The van der Waals surface area contributed by atoms with E-state index in [-0.39, 0.29) is 0 Å². The average Bonchev–Trinajstić information content (AvgIpc) is 3.00. The van der Waals surface area contributed by atoms with E-state index in [1.807, 2.05) is 24.6 Å². The Morgan fingerprint density at radius 2 is 2.18 bits per heavy atom. The number of nitrogens with zero attached hydrogens (tertiary/aromatic N) is 2. The summed E-state index contributed by atoms with van der Waals surface area (Å²) < 4.78 is 0. The molecule has 0 spiro atoms. The molecule has 22 heavy (non-hydrogen) atoms. The van der Waals surface area contributed by atoms with Crippen molar-refractivity contribution in [2.45, 2.75) is 52.4 Å². The molecule has 1 aromatic rings. The van der Waals surface area contributed by atoms with E-state index >= 15 is 0 Å². The summed E-state index contributed by atoms with van der Waals surface area (Å²) >= 11 is 1.82. The first kappa shape index (κ1) is 17.3. The highest BCUT2D eigenvalue weighted by atomic mass is 32.1. The second-order valence-electron chi connectivity index (χ2n) is 6.23. The van der Waals surface area contributed by atoms with E-state index < -0.39 is 0 Å². The number of aliphatic imine (C=N–C) groups is 1. The molecule has 1 heterocycles. The first-order valence-electron chi connectivity index (χ1n) is 8.61. The van der Waals surface area contributed by atoms with Gasteiger partial charge < -0.3 is 10.6 Å². The van der Waals surface area contributed by atoms with Gasteiger partial charge in [-0.25, -0.2) is 4.98 Å². The smallest absolute Gasteiger partial charge is 0.190 e. The zero-order valence-electron chi connectivity index (χ0n) is 14.2. The van der Waals surface area contributed by atoms with Crippen LogP contribution >= 0.6 is 11.3 Å². The summed E-state index contributed by atoms with van der Waals surface area (Å²) in [6, 6.07) is 0. The van der Waals surface area contributed by atoms with Crippen LogP contribution in [0.15, 0.2) is 11.2 Å². The molecule has 1 saturated carbocycles. The maximum atomic E-state index is 4.46. The van der Waals surface area contributed by atoms with Gasteiger partial charge in [0.05, 0.1) is 5.01 Å². The van der Waals surface area contributed by atoms with Gasteiger partial charge in [-0.3, -0.25) is 4.99 Å². The standard InChI is InChI=1S/C17H30N4S/c1-4-15-12-20-16(22-15)9-10-19-17(18-3)21-11-14-8-6-5-7-13(14)2/h12-14H,4-11H2,1-3H3,(H2,18,19,21). The van der Waals surface area contributed by atoms with Crippen LogP contribution in [0.25, 0.3) is 0 Å². The molecule has 1 aliphatic rings. The first-order chi connectivity index (χ1) is 10.7. The molecule has 124 valence electrons. The van der Waals surface area contributed by atoms with Gasteiger partial charge in [0.1, 0.15) is 0 Å². The van der Waals surface area contributed by atoms with Gasteiger partial charge in [0, 0.05) is 37.6 Å². The van der Waals surface area contributed by atoms with Crippen LogP contribution in [0.5, 0.6) is 0 Å². The fourth-order valence-electron chi connectivity index (χ4n) is 3.06. The fraction of sp³-hybridized carbons (Fsp3) is 0.765. The lowest BCUT2D eigenvalue weighted by Crippen LogP contribution is -2.42. The third-order valence-corrected chi connectivity index (χ3v) is 5.83.